The van der Waals surface area contributed by atoms with Crippen molar-refractivity contribution in [3.63, 3.8) is 0 Å². The third kappa shape index (κ3) is 7.84. The van der Waals surface area contributed by atoms with Gasteiger partial charge in [-0.2, -0.15) is 0 Å². The van der Waals surface area contributed by atoms with Crippen LogP contribution >= 0.6 is 0 Å². The molecule has 430 valence electrons. The van der Waals surface area contributed by atoms with Gasteiger partial charge in [0.1, 0.15) is 22.3 Å². The zero-order chi connectivity index (χ0) is 60.8. The molecule has 0 radical (unpaired) electrons. The highest BCUT2D eigenvalue weighted by atomic mass is 16.3. The predicted octanol–water partition coefficient (Wildman–Crippen LogP) is 25.5. The highest BCUT2D eigenvalue weighted by Crippen LogP contribution is 2.48. The summed E-state index contributed by atoms with van der Waals surface area (Å²) in [6.45, 7) is 0. The Labute approximate surface area is 534 Å². The number of benzene rings is 17. The molecule has 17 aromatic carbocycles. The van der Waals surface area contributed by atoms with Crippen LogP contribution in [0.4, 0.5) is 0 Å². The van der Waals surface area contributed by atoms with E-state index in [9.17, 15) is 0 Å². The average molecular weight is 1180 g/mol. The van der Waals surface area contributed by atoms with E-state index in [0.29, 0.717) is 0 Å². The topological polar surface area (TPSA) is 31.2 Å². The third-order valence-electron chi connectivity index (χ3n) is 20.0. The van der Waals surface area contributed by atoms with Crippen molar-refractivity contribution in [3.8, 4) is 72.4 Å². The third-order valence-corrected chi connectivity index (χ3v) is 20.0. The number of hydrogen-bond donors (Lipinski definition) is 0. The van der Waals surface area contributed by atoms with Crippen LogP contribution < -0.4 is 0 Å². The van der Waals surface area contributed by atoms with Gasteiger partial charge in [0.15, 0.2) is 0 Å². The van der Waals surface area contributed by atoms with Gasteiger partial charge >= 0.3 is 0 Å². The molecule has 0 saturated carbocycles. The zero-order valence-electron chi connectivity index (χ0n) is 50.4. The van der Waals surface area contributed by atoms with Crippen molar-refractivity contribution in [2.75, 3.05) is 0 Å². The quantitative estimate of drug-likeness (QED) is 0.118. The van der Waals surface area contributed by atoms with Crippen LogP contribution in [0.3, 0.4) is 0 Å². The molecule has 3 aromatic heterocycles. The van der Waals surface area contributed by atoms with Gasteiger partial charge < -0.3 is 13.4 Å². The fraction of sp³-hybridized carbons (Fsp3) is 0. The molecular weight excluding hydrogens is 1130 g/mol. The number of aromatic nitrogens is 1. The van der Waals surface area contributed by atoms with E-state index in [-0.39, 0.29) is 0 Å². The maximum atomic E-state index is 7.21. The van der Waals surface area contributed by atoms with Gasteiger partial charge in [-0.25, -0.2) is 0 Å². The molecule has 0 aliphatic rings. The molecule has 0 N–H and O–H groups in total. The van der Waals surface area contributed by atoms with Gasteiger partial charge in [0.05, 0.1) is 11.0 Å². The van der Waals surface area contributed by atoms with Crippen molar-refractivity contribution < 1.29 is 8.83 Å². The van der Waals surface area contributed by atoms with E-state index in [0.717, 1.165) is 116 Å². The summed E-state index contributed by atoms with van der Waals surface area (Å²) in [4.78, 5) is 0. The Kier molecular flexibility index (Phi) is 11.1. The van der Waals surface area contributed by atoms with Crippen molar-refractivity contribution in [2.45, 2.75) is 0 Å². The fourth-order valence-electron chi connectivity index (χ4n) is 15.7. The second-order valence-corrected chi connectivity index (χ2v) is 24.9. The first-order valence-corrected chi connectivity index (χ1v) is 32.0. The summed E-state index contributed by atoms with van der Waals surface area (Å²) < 4.78 is 16.9. The minimum Gasteiger partial charge on any atom is -0.455 e. The highest BCUT2D eigenvalue weighted by molar-refractivity contribution is 6.23. The number of fused-ring (bicyclic) bond motifs is 17. The maximum Gasteiger partial charge on any atom is 0.143 e. The predicted molar refractivity (Wildman–Crippen MR) is 393 cm³/mol. The highest BCUT2D eigenvalue weighted by Gasteiger charge is 2.23. The molecule has 0 amide bonds. The molecule has 0 spiro atoms. The summed E-state index contributed by atoms with van der Waals surface area (Å²) in [5.41, 5.74) is 20.4. The average Bonchev–Trinajstić information content (AvgIpc) is 1.41. The first-order chi connectivity index (χ1) is 46.1. The summed E-state index contributed by atoms with van der Waals surface area (Å²) in [5, 5.41) is 21.5. The monoisotopic (exact) mass is 1180 g/mol. The molecule has 0 saturated heterocycles. The second-order valence-electron chi connectivity index (χ2n) is 24.9. The summed E-state index contributed by atoms with van der Waals surface area (Å²) in [6, 6.07) is 118. The molecular formula is C90H53NO2. The van der Waals surface area contributed by atoms with E-state index >= 15 is 0 Å². The van der Waals surface area contributed by atoms with Crippen molar-refractivity contribution >= 4 is 130 Å². The van der Waals surface area contributed by atoms with Crippen LogP contribution in [-0.4, -0.2) is 4.57 Å². The minimum absolute atomic E-state index is 0.871. The van der Waals surface area contributed by atoms with Crippen LogP contribution in [0.5, 0.6) is 0 Å². The van der Waals surface area contributed by atoms with Gasteiger partial charge in [0, 0.05) is 60.3 Å². The first kappa shape index (κ1) is 51.6. The maximum absolute atomic E-state index is 7.21. The van der Waals surface area contributed by atoms with Crippen LogP contribution in [0.25, 0.3) is 203 Å². The van der Waals surface area contributed by atoms with E-state index < -0.39 is 0 Å². The SMILES string of the molecule is c1ccc(-c2c3ccccc3c(-c3ccc(-n4c5ccc(-c6cccc7c6oc6c(-c8ccc9c(ccc%10ccccc%109)c8)cccc67)cc5c5cc(-c6cccc7c6oc6c(-c8ccc9c(ccc%10ccccc%109)c8)cccc67)ccc54)cc3)c3ccccc23)cc1. The van der Waals surface area contributed by atoms with Crippen LogP contribution in [0.15, 0.2) is 330 Å². The summed E-state index contributed by atoms with van der Waals surface area (Å²) in [6.07, 6.45) is 0. The lowest BCUT2D eigenvalue weighted by Gasteiger charge is -2.18. The number of para-hydroxylation sites is 4. The van der Waals surface area contributed by atoms with Crippen LogP contribution in [0.1, 0.15) is 0 Å². The molecule has 0 aliphatic carbocycles. The van der Waals surface area contributed by atoms with E-state index in [1.807, 2.05) is 0 Å². The summed E-state index contributed by atoms with van der Waals surface area (Å²) >= 11 is 0. The van der Waals surface area contributed by atoms with Crippen molar-refractivity contribution in [1.29, 1.82) is 0 Å². The number of rotatable bonds is 7. The van der Waals surface area contributed by atoms with Gasteiger partial charge in [0.25, 0.3) is 0 Å². The standard InChI is InChI=1S/C90H53NO2/c1-2-18-56(19-3-1)85-73-22-8-10-24-75(73)86(76-25-11-9-23-74(76)85)57-38-44-64(45-39-57)91-83-48-42-62(71-28-14-32-79-77-30-12-26-69(87(77)92-89(71)79)60-40-46-67-58(50-60)36-34-54-16-4-6-20-65(54)67)52-81(83)82-53-63(43-49-84(82)91)72-29-15-33-80-78-31-13-27-70(88(78)93-90(72)80)61-41-47-68-59(51-61)37-35-55-17-5-7-21-66(55)68/h1-53H. The molecule has 0 unspecified atom stereocenters. The summed E-state index contributed by atoms with van der Waals surface area (Å²) in [5.74, 6) is 0. The molecule has 20 aromatic rings. The molecule has 3 nitrogen and oxygen atoms in total. The van der Waals surface area contributed by atoms with E-state index in [1.165, 1.54) is 86.9 Å². The fourth-order valence-corrected chi connectivity index (χ4v) is 15.7. The molecule has 20 rings (SSSR count). The molecule has 3 heteroatoms. The van der Waals surface area contributed by atoms with E-state index in [2.05, 4.69) is 326 Å². The van der Waals surface area contributed by atoms with Crippen molar-refractivity contribution in [3.05, 3.63) is 322 Å². The van der Waals surface area contributed by atoms with Gasteiger partial charge in [-0.15, -0.1) is 0 Å². The number of furan rings is 2. The number of nitrogens with zero attached hydrogens (tertiary/aromatic N) is 1. The van der Waals surface area contributed by atoms with Crippen LogP contribution in [0, 0.1) is 0 Å². The van der Waals surface area contributed by atoms with Crippen LogP contribution in [-0.2, 0) is 0 Å². The Morgan fingerprint density at radius 1 is 0.183 bits per heavy atom. The Morgan fingerprint density at radius 3 is 0.914 bits per heavy atom. The Bertz CT molecular complexity index is 6190. The molecule has 0 bridgehead atoms. The lowest BCUT2D eigenvalue weighted by atomic mass is 9.86. The summed E-state index contributed by atoms with van der Waals surface area (Å²) in [7, 11) is 0. The van der Waals surface area contributed by atoms with E-state index in [4.69, 9.17) is 8.83 Å². The number of hydrogen-bond acceptors (Lipinski definition) is 2. The lowest BCUT2D eigenvalue weighted by molar-refractivity contribution is 0.670. The molecule has 0 aliphatic heterocycles. The second kappa shape index (κ2) is 20.1. The lowest BCUT2D eigenvalue weighted by Crippen LogP contribution is -1.95. The minimum atomic E-state index is 0.871. The van der Waals surface area contributed by atoms with Crippen molar-refractivity contribution in [2.24, 2.45) is 0 Å². The largest absolute Gasteiger partial charge is 0.455 e. The normalized spacial score (nSPS) is 12.1. The Balaban J connectivity index is 0.759. The van der Waals surface area contributed by atoms with Crippen molar-refractivity contribution in [1.82, 2.24) is 4.57 Å². The van der Waals surface area contributed by atoms with E-state index in [1.54, 1.807) is 0 Å². The van der Waals surface area contributed by atoms with Gasteiger partial charge in [-0.3, -0.25) is 0 Å². The van der Waals surface area contributed by atoms with Gasteiger partial charge in [-0.05, 0) is 158 Å². The Morgan fingerprint density at radius 2 is 0.495 bits per heavy atom. The zero-order valence-corrected chi connectivity index (χ0v) is 50.4. The molecule has 0 atom stereocenters. The molecule has 3 heterocycles. The molecule has 0 fully saturated rings. The van der Waals surface area contributed by atoms with Crippen LogP contribution in [0.2, 0.25) is 0 Å². The van der Waals surface area contributed by atoms with Gasteiger partial charge in [0.2, 0.25) is 0 Å². The van der Waals surface area contributed by atoms with Gasteiger partial charge in [-0.1, -0.05) is 273 Å². The smallest absolute Gasteiger partial charge is 0.143 e. The Hall–Kier alpha value is -12.3. The molecule has 93 heavy (non-hydrogen) atoms. The first-order valence-electron chi connectivity index (χ1n) is 32.0.